The van der Waals surface area contributed by atoms with Crippen LogP contribution in [0.25, 0.3) is 16.9 Å². The summed E-state index contributed by atoms with van der Waals surface area (Å²) in [5.41, 5.74) is 5.18. The number of aromatic nitrogens is 5. The molecule has 1 aliphatic heterocycles. The predicted molar refractivity (Wildman–Crippen MR) is 122 cm³/mol. The van der Waals surface area contributed by atoms with E-state index in [-0.39, 0.29) is 5.82 Å². The molecule has 1 fully saturated rings. The lowest BCUT2D eigenvalue weighted by molar-refractivity contribution is 0.195. The van der Waals surface area contributed by atoms with Crippen molar-refractivity contribution in [2.75, 3.05) is 13.1 Å². The topological polar surface area (TPSA) is 51.8 Å². The van der Waals surface area contributed by atoms with Gasteiger partial charge in [0.25, 0.3) is 0 Å². The van der Waals surface area contributed by atoms with Crippen LogP contribution in [-0.2, 0) is 13.6 Å². The van der Waals surface area contributed by atoms with Crippen LogP contribution in [0, 0.1) is 12.7 Å². The number of piperidine rings is 1. The molecule has 1 aliphatic rings. The molecule has 5 rings (SSSR count). The highest BCUT2D eigenvalue weighted by Crippen LogP contribution is 2.29. The average Bonchev–Trinajstić information content (AvgIpc) is 3.41. The summed E-state index contributed by atoms with van der Waals surface area (Å²) in [6, 6.07) is 14.9. The van der Waals surface area contributed by atoms with Gasteiger partial charge < -0.3 is 4.57 Å². The molecular formula is C25H27FN6. The summed E-state index contributed by atoms with van der Waals surface area (Å²) in [7, 11) is 2.01. The van der Waals surface area contributed by atoms with Crippen molar-refractivity contribution >= 4 is 0 Å². The van der Waals surface area contributed by atoms with Gasteiger partial charge in [0.2, 0.25) is 0 Å². The fourth-order valence-electron chi connectivity index (χ4n) is 4.52. The molecule has 1 unspecified atom stereocenters. The van der Waals surface area contributed by atoms with E-state index in [0.29, 0.717) is 5.92 Å². The second-order valence-corrected chi connectivity index (χ2v) is 8.66. The minimum absolute atomic E-state index is 0.240. The molecule has 2 aromatic carbocycles. The highest BCUT2D eigenvalue weighted by molar-refractivity contribution is 5.63. The molecule has 0 N–H and O–H groups in total. The molecule has 4 aromatic rings. The van der Waals surface area contributed by atoms with Gasteiger partial charge in [-0.2, -0.15) is 5.10 Å². The first-order valence-corrected chi connectivity index (χ1v) is 11.0. The maximum Gasteiger partial charge on any atom is 0.136 e. The molecule has 32 heavy (non-hydrogen) atoms. The van der Waals surface area contributed by atoms with Gasteiger partial charge in [-0.25, -0.2) is 9.07 Å². The van der Waals surface area contributed by atoms with Crippen molar-refractivity contribution in [3.63, 3.8) is 0 Å². The third kappa shape index (κ3) is 4.21. The lowest BCUT2D eigenvalue weighted by Crippen LogP contribution is -2.34. The fourth-order valence-corrected chi connectivity index (χ4v) is 4.52. The summed E-state index contributed by atoms with van der Waals surface area (Å²) < 4.78 is 17.5. The Balaban J connectivity index is 1.45. The van der Waals surface area contributed by atoms with Crippen LogP contribution in [0.3, 0.4) is 0 Å². The predicted octanol–water partition coefficient (Wildman–Crippen LogP) is 4.49. The van der Waals surface area contributed by atoms with Gasteiger partial charge in [-0.05, 0) is 62.7 Å². The standard InChI is InChI=1S/C25H27FN6/c1-18-5-11-23(12-6-18)32-16-21(24(29-32)19-7-9-22(26)10-8-19)15-31-13-3-4-20(14-31)25-28-27-17-30(25)2/h5-12,16-17,20H,3-4,13-15H2,1-2H3. The molecule has 3 heterocycles. The lowest BCUT2D eigenvalue weighted by atomic mass is 9.96. The normalized spacial score (nSPS) is 17.0. The van der Waals surface area contributed by atoms with Crippen LogP contribution in [0.15, 0.2) is 61.1 Å². The third-order valence-electron chi connectivity index (χ3n) is 6.22. The van der Waals surface area contributed by atoms with Gasteiger partial charge in [0, 0.05) is 43.4 Å². The van der Waals surface area contributed by atoms with Crippen LogP contribution in [0.2, 0.25) is 0 Å². The summed E-state index contributed by atoms with van der Waals surface area (Å²) in [4.78, 5) is 2.46. The van der Waals surface area contributed by atoms with Crippen molar-refractivity contribution in [1.82, 2.24) is 29.4 Å². The van der Waals surface area contributed by atoms with Crippen LogP contribution < -0.4 is 0 Å². The van der Waals surface area contributed by atoms with E-state index in [1.165, 1.54) is 17.7 Å². The fraction of sp³-hybridized carbons (Fsp3) is 0.320. The summed E-state index contributed by atoms with van der Waals surface area (Å²) in [5.74, 6) is 1.18. The monoisotopic (exact) mass is 430 g/mol. The van der Waals surface area contributed by atoms with E-state index < -0.39 is 0 Å². The largest absolute Gasteiger partial charge is 0.320 e. The zero-order valence-corrected chi connectivity index (χ0v) is 18.4. The number of halogens is 1. The van der Waals surface area contributed by atoms with Crippen molar-refractivity contribution < 1.29 is 4.39 Å². The first-order valence-electron chi connectivity index (χ1n) is 11.0. The Morgan fingerprint density at radius 2 is 1.84 bits per heavy atom. The lowest BCUT2D eigenvalue weighted by Gasteiger charge is -2.32. The van der Waals surface area contributed by atoms with Gasteiger partial charge in [-0.15, -0.1) is 10.2 Å². The van der Waals surface area contributed by atoms with E-state index >= 15 is 0 Å². The number of rotatable bonds is 5. The number of aryl methyl sites for hydroxylation is 2. The van der Waals surface area contributed by atoms with Crippen molar-refractivity contribution in [2.45, 2.75) is 32.2 Å². The highest BCUT2D eigenvalue weighted by atomic mass is 19.1. The van der Waals surface area contributed by atoms with E-state index in [4.69, 9.17) is 5.10 Å². The van der Waals surface area contributed by atoms with Crippen molar-refractivity contribution in [1.29, 1.82) is 0 Å². The molecule has 0 aliphatic carbocycles. The Bertz CT molecular complexity index is 1190. The summed E-state index contributed by atoms with van der Waals surface area (Å²) in [6.07, 6.45) is 6.12. The molecule has 0 amide bonds. The number of nitrogens with zero attached hydrogens (tertiary/aromatic N) is 6. The molecular weight excluding hydrogens is 403 g/mol. The molecule has 6 nitrogen and oxygen atoms in total. The SMILES string of the molecule is Cc1ccc(-n2cc(CN3CCCC(c4nncn4C)C3)c(-c3ccc(F)cc3)n2)cc1. The van der Waals surface area contributed by atoms with Crippen molar-refractivity contribution in [2.24, 2.45) is 7.05 Å². The molecule has 1 atom stereocenters. The summed E-state index contributed by atoms with van der Waals surface area (Å²) in [5, 5.41) is 13.3. The van der Waals surface area contributed by atoms with Crippen LogP contribution >= 0.6 is 0 Å². The van der Waals surface area contributed by atoms with Crippen molar-refractivity contribution in [3.8, 4) is 16.9 Å². The van der Waals surface area contributed by atoms with Gasteiger partial charge in [0.05, 0.1) is 11.4 Å². The minimum atomic E-state index is -0.240. The van der Waals surface area contributed by atoms with Crippen LogP contribution in [0.1, 0.15) is 35.7 Å². The molecule has 2 aromatic heterocycles. The quantitative estimate of drug-likeness (QED) is 0.468. The molecule has 0 bridgehead atoms. The van der Waals surface area contributed by atoms with E-state index in [0.717, 1.165) is 60.8 Å². The Morgan fingerprint density at radius 1 is 1.06 bits per heavy atom. The zero-order chi connectivity index (χ0) is 22.1. The van der Waals surface area contributed by atoms with Gasteiger partial charge in [0.1, 0.15) is 18.0 Å². The maximum atomic E-state index is 13.5. The van der Waals surface area contributed by atoms with E-state index in [1.807, 2.05) is 16.3 Å². The Hall–Kier alpha value is -3.32. The van der Waals surface area contributed by atoms with Crippen LogP contribution in [-0.4, -0.2) is 42.5 Å². The second-order valence-electron chi connectivity index (χ2n) is 8.66. The number of hydrogen-bond donors (Lipinski definition) is 0. The zero-order valence-electron chi connectivity index (χ0n) is 18.4. The summed E-state index contributed by atoms with van der Waals surface area (Å²) in [6.45, 7) is 4.83. The molecule has 1 saturated heterocycles. The molecule has 164 valence electrons. The first kappa shape index (κ1) is 20.6. The highest BCUT2D eigenvalue weighted by Gasteiger charge is 2.26. The molecule has 0 spiro atoms. The Morgan fingerprint density at radius 3 is 2.56 bits per heavy atom. The smallest absolute Gasteiger partial charge is 0.136 e. The summed E-state index contributed by atoms with van der Waals surface area (Å²) >= 11 is 0. The van der Waals surface area contributed by atoms with Crippen LogP contribution in [0.4, 0.5) is 4.39 Å². The van der Waals surface area contributed by atoms with Gasteiger partial charge >= 0.3 is 0 Å². The van der Waals surface area contributed by atoms with Gasteiger partial charge in [-0.1, -0.05) is 17.7 Å². The molecule has 0 radical (unpaired) electrons. The minimum Gasteiger partial charge on any atom is -0.320 e. The molecule has 7 heteroatoms. The number of likely N-dealkylation sites (tertiary alicyclic amines) is 1. The van der Waals surface area contributed by atoms with Crippen molar-refractivity contribution in [3.05, 3.63) is 83.8 Å². The Labute approximate surface area is 187 Å². The number of benzene rings is 2. The number of hydrogen-bond acceptors (Lipinski definition) is 4. The van der Waals surface area contributed by atoms with Gasteiger partial charge in [0.15, 0.2) is 0 Å². The first-order chi connectivity index (χ1) is 15.6. The van der Waals surface area contributed by atoms with E-state index in [2.05, 4.69) is 52.5 Å². The van der Waals surface area contributed by atoms with E-state index in [9.17, 15) is 4.39 Å². The Kier molecular flexibility index (Phi) is 5.57. The third-order valence-corrected chi connectivity index (χ3v) is 6.22. The molecule has 0 saturated carbocycles. The maximum absolute atomic E-state index is 13.5. The van der Waals surface area contributed by atoms with E-state index in [1.54, 1.807) is 18.5 Å². The van der Waals surface area contributed by atoms with Crippen LogP contribution in [0.5, 0.6) is 0 Å². The average molecular weight is 431 g/mol. The van der Waals surface area contributed by atoms with Gasteiger partial charge in [-0.3, -0.25) is 4.90 Å². The second kappa shape index (κ2) is 8.67.